The van der Waals surface area contributed by atoms with E-state index in [9.17, 15) is 20.1 Å². The van der Waals surface area contributed by atoms with Crippen molar-refractivity contribution in [1.82, 2.24) is 0 Å². The fourth-order valence-corrected chi connectivity index (χ4v) is 1.87. The Hall–Kier alpha value is -0.730. The number of carboxylic acid groups (broad SMARTS) is 1. The Kier molecular flexibility index (Phi) is 5.29. The van der Waals surface area contributed by atoms with E-state index in [0.29, 0.717) is 0 Å². The maximum Gasteiger partial charge on any atom is 0.303 e. The first-order valence-electron chi connectivity index (χ1n) is 5.49. The minimum Gasteiger partial charge on any atom is -0.481 e. The van der Waals surface area contributed by atoms with Gasteiger partial charge < -0.3 is 30.3 Å². The van der Waals surface area contributed by atoms with Gasteiger partial charge in [0.2, 0.25) is 0 Å². The Bertz CT molecular complexity index is 255. The van der Waals surface area contributed by atoms with Gasteiger partial charge in [-0.15, -0.1) is 0 Å². The van der Waals surface area contributed by atoms with Crippen LogP contribution in [-0.4, -0.2) is 68.6 Å². The van der Waals surface area contributed by atoms with Crippen molar-refractivity contribution in [2.24, 2.45) is 0 Å². The van der Waals surface area contributed by atoms with Gasteiger partial charge in [0.25, 0.3) is 0 Å². The molecule has 1 aliphatic heterocycles. The first-order valence-corrected chi connectivity index (χ1v) is 5.49. The number of aliphatic carboxylic acids is 1. The molecule has 0 spiro atoms. The third kappa shape index (κ3) is 3.62. The quantitative estimate of drug-likeness (QED) is 0.385. The van der Waals surface area contributed by atoms with Crippen LogP contribution in [0.3, 0.4) is 0 Å². The van der Waals surface area contributed by atoms with Crippen LogP contribution in [0, 0.1) is 0 Å². The number of ether oxygens (including phenoxy) is 1. The van der Waals surface area contributed by atoms with Crippen molar-refractivity contribution >= 4 is 5.97 Å². The Morgan fingerprint density at radius 3 is 2.18 bits per heavy atom. The summed E-state index contributed by atoms with van der Waals surface area (Å²) in [5, 5.41) is 46.0. The summed E-state index contributed by atoms with van der Waals surface area (Å²) in [4.78, 5) is 10.3. The highest BCUT2D eigenvalue weighted by Gasteiger charge is 2.42. The van der Waals surface area contributed by atoms with E-state index in [1.807, 2.05) is 0 Å². The summed E-state index contributed by atoms with van der Waals surface area (Å²) in [6.45, 7) is -0.472. The predicted octanol–water partition coefficient (Wildman–Crippen LogP) is -1.92. The van der Waals surface area contributed by atoms with Crippen LogP contribution >= 0.6 is 0 Å². The summed E-state index contributed by atoms with van der Waals surface area (Å²) < 4.78 is 5.21. The van der Waals surface area contributed by atoms with E-state index < -0.39 is 43.1 Å². The number of carboxylic acids is 1. The zero-order valence-electron chi connectivity index (χ0n) is 9.27. The Morgan fingerprint density at radius 2 is 1.65 bits per heavy atom. The van der Waals surface area contributed by atoms with Crippen molar-refractivity contribution in [1.29, 1.82) is 0 Å². The Labute approximate surface area is 98.3 Å². The average molecular weight is 250 g/mol. The number of carbonyl (C=O) groups is 1. The largest absolute Gasteiger partial charge is 0.481 e. The molecule has 0 saturated carbocycles. The normalized spacial score (nSPS) is 38.0. The van der Waals surface area contributed by atoms with E-state index >= 15 is 0 Å². The summed E-state index contributed by atoms with van der Waals surface area (Å²) in [5.74, 6) is -0.949. The molecule has 1 aliphatic rings. The highest BCUT2D eigenvalue weighted by atomic mass is 16.5. The maximum atomic E-state index is 10.3. The van der Waals surface area contributed by atoms with Crippen molar-refractivity contribution < 1.29 is 35.1 Å². The summed E-state index contributed by atoms with van der Waals surface area (Å²) in [7, 11) is 0. The molecule has 7 heteroatoms. The number of rotatable bonds is 5. The number of hydrogen-bond donors (Lipinski definition) is 5. The van der Waals surface area contributed by atoms with E-state index in [4.69, 9.17) is 14.9 Å². The van der Waals surface area contributed by atoms with E-state index in [1.54, 1.807) is 0 Å². The number of aliphatic hydroxyl groups is 4. The fourth-order valence-electron chi connectivity index (χ4n) is 1.87. The summed E-state index contributed by atoms with van der Waals surface area (Å²) >= 11 is 0. The molecule has 1 fully saturated rings. The molecule has 5 N–H and O–H groups in total. The Morgan fingerprint density at radius 1 is 1.06 bits per heavy atom. The van der Waals surface area contributed by atoms with Gasteiger partial charge in [0.1, 0.15) is 24.4 Å². The molecule has 0 aromatic carbocycles. The van der Waals surface area contributed by atoms with Crippen molar-refractivity contribution in [3.8, 4) is 0 Å². The van der Waals surface area contributed by atoms with Crippen molar-refractivity contribution in [3.63, 3.8) is 0 Å². The van der Waals surface area contributed by atoms with Gasteiger partial charge in [-0.25, -0.2) is 0 Å². The third-order valence-electron chi connectivity index (χ3n) is 2.87. The molecule has 0 amide bonds. The van der Waals surface area contributed by atoms with Gasteiger partial charge in [-0.3, -0.25) is 4.79 Å². The minimum atomic E-state index is -1.39. The molecular weight excluding hydrogens is 232 g/mol. The highest BCUT2D eigenvalue weighted by Crippen LogP contribution is 2.24. The van der Waals surface area contributed by atoms with Crippen LogP contribution in [0.2, 0.25) is 0 Å². The van der Waals surface area contributed by atoms with Gasteiger partial charge in [-0.1, -0.05) is 0 Å². The number of hydrogen-bond acceptors (Lipinski definition) is 6. The lowest BCUT2D eigenvalue weighted by atomic mass is 9.92. The van der Waals surface area contributed by atoms with Crippen LogP contribution < -0.4 is 0 Å². The first-order chi connectivity index (χ1) is 7.97. The van der Waals surface area contributed by atoms with Gasteiger partial charge in [0, 0.05) is 6.42 Å². The van der Waals surface area contributed by atoms with E-state index in [-0.39, 0.29) is 19.3 Å². The van der Waals surface area contributed by atoms with Crippen LogP contribution in [-0.2, 0) is 9.53 Å². The molecule has 0 radical (unpaired) electrons. The molecule has 0 aromatic rings. The molecule has 100 valence electrons. The first kappa shape index (κ1) is 14.3. The molecule has 17 heavy (non-hydrogen) atoms. The van der Waals surface area contributed by atoms with Crippen LogP contribution in [0.5, 0.6) is 0 Å². The maximum absolute atomic E-state index is 10.3. The zero-order valence-corrected chi connectivity index (χ0v) is 9.27. The summed E-state index contributed by atoms with van der Waals surface area (Å²) in [6, 6.07) is 0. The average Bonchev–Trinajstić information content (AvgIpc) is 2.29. The fraction of sp³-hybridized carbons (Fsp3) is 0.900. The van der Waals surface area contributed by atoms with Gasteiger partial charge in [0.15, 0.2) is 0 Å². The SMILES string of the molecule is O=C(O)CCCC1O[C@H](CO)[C@@H](O)[C@H](O)[C@H]1O. The van der Waals surface area contributed by atoms with Crippen LogP contribution in [0.25, 0.3) is 0 Å². The van der Waals surface area contributed by atoms with E-state index in [2.05, 4.69) is 0 Å². The smallest absolute Gasteiger partial charge is 0.303 e. The monoisotopic (exact) mass is 250 g/mol. The van der Waals surface area contributed by atoms with Gasteiger partial charge >= 0.3 is 5.97 Å². The molecule has 5 atom stereocenters. The number of aliphatic hydroxyl groups excluding tert-OH is 4. The van der Waals surface area contributed by atoms with Crippen molar-refractivity contribution in [2.75, 3.05) is 6.61 Å². The standard InChI is InChI=1S/C10H18O7/c11-4-6-9(15)10(16)8(14)5(17-6)2-1-3-7(12)13/h5-6,8-11,14-16H,1-4H2,(H,12,13)/t5?,6-,8+,9-,10-/m1/s1. The van der Waals surface area contributed by atoms with Crippen LogP contribution in [0.4, 0.5) is 0 Å². The lowest BCUT2D eigenvalue weighted by Gasteiger charge is -2.40. The van der Waals surface area contributed by atoms with Gasteiger partial charge in [0.05, 0.1) is 12.7 Å². The predicted molar refractivity (Wildman–Crippen MR) is 55.3 cm³/mol. The summed E-state index contributed by atoms with van der Waals surface area (Å²) in [6.07, 6.45) is -5.27. The summed E-state index contributed by atoms with van der Waals surface area (Å²) in [5.41, 5.74) is 0. The lowest BCUT2D eigenvalue weighted by molar-refractivity contribution is -0.230. The molecule has 1 saturated heterocycles. The van der Waals surface area contributed by atoms with Crippen molar-refractivity contribution in [3.05, 3.63) is 0 Å². The van der Waals surface area contributed by atoms with Crippen LogP contribution in [0.1, 0.15) is 19.3 Å². The van der Waals surface area contributed by atoms with E-state index in [0.717, 1.165) is 0 Å². The molecule has 1 rings (SSSR count). The van der Waals surface area contributed by atoms with E-state index in [1.165, 1.54) is 0 Å². The van der Waals surface area contributed by atoms with Crippen molar-refractivity contribution in [2.45, 2.75) is 49.8 Å². The molecule has 0 aliphatic carbocycles. The Balaban J connectivity index is 2.50. The van der Waals surface area contributed by atoms with Crippen LogP contribution in [0.15, 0.2) is 0 Å². The molecule has 1 unspecified atom stereocenters. The molecule has 0 aromatic heterocycles. The molecular formula is C10H18O7. The second-order valence-electron chi connectivity index (χ2n) is 4.15. The van der Waals surface area contributed by atoms with Gasteiger partial charge in [-0.05, 0) is 12.8 Å². The minimum absolute atomic E-state index is 0.0605. The molecule has 0 bridgehead atoms. The second-order valence-corrected chi connectivity index (χ2v) is 4.15. The topological polar surface area (TPSA) is 127 Å². The third-order valence-corrected chi connectivity index (χ3v) is 2.87. The highest BCUT2D eigenvalue weighted by molar-refractivity contribution is 5.66. The molecule has 7 nitrogen and oxygen atoms in total. The van der Waals surface area contributed by atoms with Gasteiger partial charge in [-0.2, -0.15) is 0 Å². The lowest BCUT2D eigenvalue weighted by Crippen LogP contribution is -2.58. The molecule has 1 heterocycles. The second kappa shape index (κ2) is 6.27. The zero-order chi connectivity index (χ0) is 13.0.